The van der Waals surface area contributed by atoms with Crippen molar-refractivity contribution in [2.45, 2.75) is 39.5 Å². The fraction of sp³-hybridized carbons (Fsp3) is 0.889. The number of carbonyl (C=O) groups is 1. The van der Waals surface area contributed by atoms with Crippen LogP contribution in [0.4, 0.5) is 0 Å². The fourth-order valence-corrected chi connectivity index (χ4v) is 3.75. The van der Waals surface area contributed by atoms with E-state index in [1.165, 1.54) is 32.5 Å². The van der Waals surface area contributed by atoms with Gasteiger partial charge in [0.05, 0.1) is 12.5 Å². The number of hydrogen-bond donors (Lipinski definition) is 1. The molecule has 0 aromatic carbocycles. The van der Waals surface area contributed by atoms with Crippen LogP contribution in [-0.4, -0.2) is 74.7 Å². The quantitative estimate of drug-likeness (QED) is 0.282. The van der Waals surface area contributed by atoms with Gasteiger partial charge in [-0.3, -0.25) is 9.79 Å². The van der Waals surface area contributed by atoms with Crippen LogP contribution >= 0.6 is 24.0 Å². The van der Waals surface area contributed by atoms with Crippen LogP contribution in [-0.2, 0) is 9.53 Å². The third kappa shape index (κ3) is 6.92. The van der Waals surface area contributed by atoms with Crippen LogP contribution in [0.15, 0.2) is 4.99 Å². The zero-order valence-electron chi connectivity index (χ0n) is 16.0. The molecular formula is C18H35IN4O2. The second-order valence-corrected chi connectivity index (χ2v) is 6.90. The Kier molecular flexibility index (Phi) is 10.7. The highest BCUT2D eigenvalue weighted by atomic mass is 127. The number of likely N-dealkylation sites (tertiary alicyclic amines) is 2. The smallest absolute Gasteiger partial charge is 0.309 e. The lowest BCUT2D eigenvalue weighted by Gasteiger charge is -2.33. The number of ether oxygens (including phenoxy) is 1. The maximum Gasteiger partial charge on any atom is 0.309 e. The van der Waals surface area contributed by atoms with Crippen molar-refractivity contribution in [3.05, 3.63) is 0 Å². The average Bonchev–Trinajstić information content (AvgIpc) is 3.04. The van der Waals surface area contributed by atoms with E-state index in [4.69, 9.17) is 4.74 Å². The van der Waals surface area contributed by atoms with E-state index in [1.54, 1.807) is 0 Å². The molecule has 2 saturated heterocycles. The van der Waals surface area contributed by atoms with E-state index in [0.717, 1.165) is 38.4 Å². The monoisotopic (exact) mass is 466 g/mol. The first-order valence-electron chi connectivity index (χ1n) is 9.52. The molecule has 1 atom stereocenters. The molecule has 0 bridgehead atoms. The Morgan fingerprint density at radius 1 is 1.20 bits per heavy atom. The SMILES string of the molecule is CCCN1CCC(CNC(=NC)N2CCC(C(=O)OCC)CC2)C1.I. The van der Waals surface area contributed by atoms with Crippen molar-refractivity contribution in [1.29, 1.82) is 0 Å². The zero-order valence-corrected chi connectivity index (χ0v) is 18.3. The molecule has 2 heterocycles. The van der Waals surface area contributed by atoms with Crippen molar-refractivity contribution in [1.82, 2.24) is 15.1 Å². The predicted octanol–water partition coefficient (Wildman–Crippen LogP) is 2.19. The van der Waals surface area contributed by atoms with Gasteiger partial charge in [-0.15, -0.1) is 24.0 Å². The molecule has 1 unspecified atom stereocenters. The molecule has 0 radical (unpaired) electrons. The Hall–Kier alpha value is -0.570. The van der Waals surface area contributed by atoms with Crippen LogP contribution < -0.4 is 5.32 Å². The van der Waals surface area contributed by atoms with E-state index < -0.39 is 0 Å². The summed E-state index contributed by atoms with van der Waals surface area (Å²) < 4.78 is 5.14. The third-order valence-electron chi connectivity index (χ3n) is 5.08. The summed E-state index contributed by atoms with van der Waals surface area (Å²) in [6.45, 7) is 10.9. The van der Waals surface area contributed by atoms with Gasteiger partial charge < -0.3 is 19.9 Å². The fourth-order valence-electron chi connectivity index (χ4n) is 3.75. The normalized spacial score (nSPS) is 22.6. The number of aliphatic imine (C=N–C) groups is 1. The van der Waals surface area contributed by atoms with Crippen LogP contribution in [0.5, 0.6) is 0 Å². The van der Waals surface area contributed by atoms with Crippen LogP contribution in [0.3, 0.4) is 0 Å². The van der Waals surface area contributed by atoms with Gasteiger partial charge in [0.15, 0.2) is 5.96 Å². The number of esters is 1. The minimum Gasteiger partial charge on any atom is -0.466 e. The topological polar surface area (TPSA) is 57.2 Å². The Balaban J connectivity index is 0.00000312. The standard InChI is InChI=1S/C18H34N4O2.HI/c1-4-9-21-10-6-15(14-21)13-20-18(19-3)22-11-7-16(8-12-22)17(23)24-5-2;/h15-16H,4-14H2,1-3H3,(H,19,20);1H. The molecular weight excluding hydrogens is 431 g/mol. The van der Waals surface area contributed by atoms with Crippen LogP contribution in [0, 0.1) is 11.8 Å². The van der Waals surface area contributed by atoms with E-state index in [2.05, 4.69) is 27.0 Å². The third-order valence-corrected chi connectivity index (χ3v) is 5.08. The van der Waals surface area contributed by atoms with Crippen molar-refractivity contribution in [2.75, 3.05) is 52.9 Å². The lowest BCUT2D eigenvalue weighted by Crippen LogP contribution is -2.47. The molecule has 2 aliphatic heterocycles. The number of halogens is 1. The van der Waals surface area contributed by atoms with E-state index in [1.807, 2.05) is 14.0 Å². The molecule has 2 rings (SSSR count). The second kappa shape index (κ2) is 11.9. The molecule has 0 aromatic heterocycles. The molecule has 2 aliphatic rings. The molecule has 6 nitrogen and oxygen atoms in total. The largest absolute Gasteiger partial charge is 0.466 e. The number of nitrogens with zero attached hydrogens (tertiary/aromatic N) is 3. The van der Waals surface area contributed by atoms with Gasteiger partial charge >= 0.3 is 5.97 Å². The molecule has 2 fully saturated rings. The van der Waals surface area contributed by atoms with Gasteiger partial charge in [-0.25, -0.2) is 0 Å². The summed E-state index contributed by atoms with van der Waals surface area (Å²) in [5, 5.41) is 3.55. The van der Waals surface area contributed by atoms with E-state index >= 15 is 0 Å². The van der Waals surface area contributed by atoms with Crippen molar-refractivity contribution < 1.29 is 9.53 Å². The van der Waals surface area contributed by atoms with E-state index in [-0.39, 0.29) is 35.9 Å². The van der Waals surface area contributed by atoms with E-state index in [9.17, 15) is 4.79 Å². The first-order valence-corrected chi connectivity index (χ1v) is 9.52. The summed E-state index contributed by atoms with van der Waals surface area (Å²) >= 11 is 0. The van der Waals surface area contributed by atoms with Gasteiger partial charge in [-0.05, 0) is 51.6 Å². The van der Waals surface area contributed by atoms with Crippen molar-refractivity contribution in [2.24, 2.45) is 16.8 Å². The van der Waals surface area contributed by atoms with E-state index in [0.29, 0.717) is 12.5 Å². The number of rotatable bonds is 6. The number of hydrogen-bond acceptors (Lipinski definition) is 4. The summed E-state index contributed by atoms with van der Waals surface area (Å²) in [6.07, 6.45) is 4.21. The average molecular weight is 466 g/mol. The van der Waals surface area contributed by atoms with Gasteiger partial charge in [0.25, 0.3) is 0 Å². The second-order valence-electron chi connectivity index (χ2n) is 6.90. The van der Waals surface area contributed by atoms with Crippen molar-refractivity contribution in [3.63, 3.8) is 0 Å². The summed E-state index contributed by atoms with van der Waals surface area (Å²) in [6, 6.07) is 0. The van der Waals surface area contributed by atoms with Crippen LogP contribution in [0.2, 0.25) is 0 Å². The Bertz CT molecular complexity index is 425. The van der Waals surface area contributed by atoms with Crippen molar-refractivity contribution in [3.8, 4) is 0 Å². The Morgan fingerprint density at radius 2 is 1.92 bits per heavy atom. The summed E-state index contributed by atoms with van der Waals surface area (Å²) in [4.78, 5) is 21.1. The molecule has 0 aromatic rings. The summed E-state index contributed by atoms with van der Waals surface area (Å²) in [5.74, 6) is 1.70. The number of piperidine rings is 1. The molecule has 0 aliphatic carbocycles. The first-order chi connectivity index (χ1) is 11.7. The van der Waals surface area contributed by atoms with Gasteiger partial charge in [0.2, 0.25) is 0 Å². The Morgan fingerprint density at radius 3 is 2.52 bits per heavy atom. The first kappa shape index (κ1) is 22.5. The minimum atomic E-state index is -0.0398. The minimum absolute atomic E-state index is 0. The molecule has 0 saturated carbocycles. The Labute approximate surface area is 169 Å². The van der Waals surface area contributed by atoms with Crippen molar-refractivity contribution >= 4 is 35.9 Å². The highest BCUT2D eigenvalue weighted by molar-refractivity contribution is 14.0. The van der Waals surface area contributed by atoms with Gasteiger partial charge in [0, 0.05) is 33.2 Å². The summed E-state index contributed by atoms with van der Waals surface area (Å²) in [5.41, 5.74) is 0. The lowest BCUT2D eigenvalue weighted by molar-refractivity contribution is -0.149. The van der Waals surface area contributed by atoms with Gasteiger partial charge in [-0.1, -0.05) is 6.92 Å². The molecule has 1 N–H and O–H groups in total. The number of nitrogens with one attached hydrogen (secondary N) is 1. The zero-order chi connectivity index (χ0) is 17.4. The molecule has 0 spiro atoms. The molecule has 7 heteroatoms. The highest BCUT2D eigenvalue weighted by Crippen LogP contribution is 2.19. The molecule has 0 amide bonds. The number of carbonyl (C=O) groups excluding carboxylic acids is 1. The molecule has 146 valence electrons. The highest BCUT2D eigenvalue weighted by Gasteiger charge is 2.28. The number of guanidine groups is 1. The predicted molar refractivity (Wildman–Crippen MR) is 113 cm³/mol. The van der Waals surface area contributed by atoms with Gasteiger partial charge in [0.1, 0.15) is 0 Å². The lowest BCUT2D eigenvalue weighted by atomic mass is 9.97. The van der Waals surface area contributed by atoms with Crippen LogP contribution in [0.1, 0.15) is 39.5 Å². The maximum atomic E-state index is 11.8. The summed E-state index contributed by atoms with van der Waals surface area (Å²) in [7, 11) is 1.85. The molecule has 25 heavy (non-hydrogen) atoms. The maximum absolute atomic E-state index is 11.8. The van der Waals surface area contributed by atoms with Crippen LogP contribution in [0.25, 0.3) is 0 Å². The van der Waals surface area contributed by atoms with Gasteiger partial charge in [-0.2, -0.15) is 0 Å².